The first-order valence-electron chi connectivity index (χ1n) is 6.79. The topological polar surface area (TPSA) is 98.8 Å². The number of alkyl halides is 3. The molecule has 1 saturated heterocycles. The second kappa shape index (κ2) is 6.27. The fraction of sp³-hybridized carbons (Fsp3) is 0.286. The molecule has 0 saturated carbocycles. The maximum Gasteiger partial charge on any atom is 0.501 e. The number of sulfone groups is 1. The molecule has 1 aromatic carbocycles. The highest BCUT2D eigenvalue weighted by Crippen LogP contribution is 2.35. The molecule has 12 heteroatoms. The second-order valence-corrected chi connectivity index (χ2v) is 7.38. The number of cyclic esters (lactones) is 2. The van der Waals surface area contributed by atoms with Crippen LogP contribution >= 0.6 is 0 Å². The Morgan fingerprint density at radius 1 is 1.12 bits per heavy atom. The molecule has 26 heavy (non-hydrogen) atoms. The summed E-state index contributed by atoms with van der Waals surface area (Å²) in [6, 6.07) is 1.55. The zero-order valence-corrected chi connectivity index (χ0v) is 14.0. The fourth-order valence-corrected chi connectivity index (χ4v) is 2.82. The molecule has 1 aliphatic rings. The van der Waals surface area contributed by atoms with Crippen molar-refractivity contribution in [3.8, 4) is 0 Å². The maximum absolute atomic E-state index is 13.2. The van der Waals surface area contributed by atoms with Crippen molar-refractivity contribution in [2.24, 2.45) is 0 Å². The summed E-state index contributed by atoms with van der Waals surface area (Å²) in [6.45, 7) is 2.56. The lowest BCUT2D eigenvalue weighted by Gasteiger charge is -2.29. The minimum absolute atomic E-state index is 0.157. The first-order chi connectivity index (χ1) is 11.7. The van der Waals surface area contributed by atoms with Crippen molar-refractivity contribution in [3.05, 3.63) is 35.8 Å². The molecule has 1 N–H and O–H groups in total. The number of anilines is 1. The van der Waals surface area contributed by atoms with Gasteiger partial charge in [0.05, 0.1) is 5.69 Å². The summed E-state index contributed by atoms with van der Waals surface area (Å²) in [5, 5.41) is 2.07. The molecule has 0 spiro atoms. The van der Waals surface area contributed by atoms with E-state index in [0.717, 1.165) is 0 Å². The molecule has 1 aromatic rings. The number of nitrogens with one attached hydrogen (secondary N) is 1. The van der Waals surface area contributed by atoms with Crippen molar-refractivity contribution in [3.63, 3.8) is 0 Å². The normalized spacial score (nSPS) is 17.4. The monoisotopic (exact) mass is 397 g/mol. The number of carbonyl (C=O) groups is 2. The third-order valence-corrected chi connectivity index (χ3v) is 4.55. The van der Waals surface area contributed by atoms with E-state index in [1.807, 2.05) is 0 Å². The predicted octanol–water partition coefficient (Wildman–Crippen LogP) is 2.25. The van der Waals surface area contributed by atoms with Crippen molar-refractivity contribution in [2.75, 3.05) is 5.32 Å². The number of halogens is 4. The number of rotatable bonds is 3. The van der Waals surface area contributed by atoms with Crippen LogP contribution in [0.25, 0.3) is 0 Å². The van der Waals surface area contributed by atoms with Crippen molar-refractivity contribution in [1.29, 1.82) is 0 Å². The molecule has 2 rings (SSSR count). The third-order valence-electron chi connectivity index (χ3n) is 3.03. The molecule has 0 aromatic heterocycles. The Morgan fingerprint density at radius 3 is 2.15 bits per heavy atom. The summed E-state index contributed by atoms with van der Waals surface area (Å²) >= 11 is 0. The van der Waals surface area contributed by atoms with Crippen LogP contribution in [0.5, 0.6) is 0 Å². The van der Waals surface area contributed by atoms with Crippen LogP contribution in [0, 0.1) is 5.82 Å². The molecule has 0 unspecified atom stereocenters. The highest BCUT2D eigenvalue weighted by Gasteiger charge is 2.48. The largest absolute Gasteiger partial charge is 0.501 e. The zero-order valence-electron chi connectivity index (χ0n) is 13.2. The van der Waals surface area contributed by atoms with Gasteiger partial charge in [-0.1, -0.05) is 0 Å². The SMILES string of the molecule is CC1(C)OC(=O)C(=CNc2ccc(F)cc2S(=O)(=O)C(F)(F)F)C(=O)O1. The van der Waals surface area contributed by atoms with Gasteiger partial charge >= 0.3 is 17.4 Å². The molecule has 142 valence electrons. The van der Waals surface area contributed by atoms with Crippen molar-refractivity contribution < 1.29 is 45.0 Å². The van der Waals surface area contributed by atoms with E-state index in [1.165, 1.54) is 13.8 Å². The molecular formula is C14H11F4NO6S. The Labute approximate surface area is 144 Å². The van der Waals surface area contributed by atoms with Crippen LogP contribution in [0.1, 0.15) is 13.8 Å². The standard InChI is InChI=1S/C14H11F4NO6S/c1-13(2)24-11(20)8(12(21)25-13)6-19-9-4-3-7(15)5-10(9)26(22,23)14(16,17)18/h3-6,19H,1-2H3. The smallest absolute Gasteiger partial charge is 0.419 e. The number of ether oxygens (including phenoxy) is 2. The van der Waals surface area contributed by atoms with E-state index in [0.29, 0.717) is 18.3 Å². The van der Waals surface area contributed by atoms with Crippen molar-refractivity contribution >= 4 is 27.5 Å². The molecule has 0 radical (unpaired) electrons. The van der Waals surface area contributed by atoms with E-state index in [4.69, 9.17) is 9.47 Å². The summed E-state index contributed by atoms with van der Waals surface area (Å²) in [5.41, 5.74) is -7.11. The molecule has 0 amide bonds. The van der Waals surface area contributed by atoms with Crippen LogP contribution < -0.4 is 5.32 Å². The Bertz CT molecular complexity index is 883. The van der Waals surface area contributed by atoms with Crippen LogP contribution in [0.2, 0.25) is 0 Å². The van der Waals surface area contributed by atoms with Gasteiger partial charge in [0.15, 0.2) is 5.57 Å². The first-order valence-corrected chi connectivity index (χ1v) is 8.27. The highest BCUT2D eigenvalue weighted by atomic mass is 32.2. The number of carbonyl (C=O) groups excluding carboxylic acids is 2. The molecule has 1 fully saturated rings. The van der Waals surface area contributed by atoms with Crippen LogP contribution in [0.3, 0.4) is 0 Å². The maximum atomic E-state index is 13.2. The van der Waals surface area contributed by atoms with E-state index < -0.39 is 55.0 Å². The number of esters is 2. The third kappa shape index (κ3) is 3.79. The van der Waals surface area contributed by atoms with Crippen LogP contribution in [-0.4, -0.2) is 31.7 Å². The van der Waals surface area contributed by atoms with E-state index in [2.05, 4.69) is 5.32 Å². The van der Waals surface area contributed by atoms with E-state index in [9.17, 15) is 35.6 Å². The van der Waals surface area contributed by atoms with Crippen molar-refractivity contribution in [1.82, 2.24) is 0 Å². The Balaban J connectivity index is 2.43. The molecule has 7 nitrogen and oxygen atoms in total. The predicted molar refractivity (Wildman–Crippen MR) is 77.6 cm³/mol. The highest BCUT2D eigenvalue weighted by molar-refractivity contribution is 7.92. The summed E-state index contributed by atoms with van der Waals surface area (Å²) < 4.78 is 84.1. The van der Waals surface area contributed by atoms with Gasteiger partial charge in [-0.3, -0.25) is 0 Å². The molecule has 0 bridgehead atoms. The minimum atomic E-state index is -5.89. The van der Waals surface area contributed by atoms with Gasteiger partial charge in [0.25, 0.3) is 15.6 Å². The quantitative estimate of drug-likeness (QED) is 0.362. The molecule has 0 atom stereocenters. The summed E-state index contributed by atoms with van der Waals surface area (Å²) in [6.07, 6.45) is 0.614. The summed E-state index contributed by atoms with van der Waals surface area (Å²) in [4.78, 5) is 22.1. The van der Waals surface area contributed by atoms with E-state index >= 15 is 0 Å². The van der Waals surface area contributed by atoms with Gasteiger partial charge in [-0.2, -0.15) is 13.2 Å². The van der Waals surface area contributed by atoms with Crippen molar-refractivity contribution in [2.45, 2.75) is 30.0 Å². The van der Waals surface area contributed by atoms with Gasteiger partial charge in [0.1, 0.15) is 10.7 Å². The second-order valence-electron chi connectivity index (χ2n) is 5.47. The summed E-state index contributed by atoms with van der Waals surface area (Å²) in [5.74, 6) is -5.04. The minimum Gasteiger partial charge on any atom is -0.419 e. The lowest BCUT2D eigenvalue weighted by Crippen LogP contribution is -2.42. The van der Waals surface area contributed by atoms with E-state index in [-0.39, 0.29) is 6.07 Å². The Kier molecular flexibility index (Phi) is 4.75. The van der Waals surface area contributed by atoms with Crippen LogP contribution in [-0.2, 0) is 28.9 Å². The van der Waals surface area contributed by atoms with Gasteiger partial charge in [-0.25, -0.2) is 22.4 Å². The van der Waals surface area contributed by atoms with Gasteiger partial charge in [0, 0.05) is 20.0 Å². The molecule has 1 aliphatic heterocycles. The zero-order chi connectivity index (χ0) is 19.9. The van der Waals surface area contributed by atoms with Gasteiger partial charge in [0.2, 0.25) is 0 Å². The molecular weight excluding hydrogens is 386 g/mol. The van der Waals surface area contributed by atoms with Crippen LogP contribution in [0.4, 0.5) is 23.2 Å². The summed E-state index contributed by atoms with van der Waals surface area (Å²) in [7, 11) is -5.89. The first kappa shape index (κ1) is 19.7. The number of hydrogen-bond acceptors (Lipinski definition) is 7. The van der Waals surface area contributed by atoms with Gasteiger partial charge < -0.3 is 14.8 Å². The number of hydrogen-bond donors (Lipinski definition) is 1. The van der Waals surface area contributed by atoms with E-state index in [1.54, 1.807) is 0 Å². The Hall–Kier alpha value is -2.63. The van der Waals surface area contributed by atoms with Crippen LogP contribution in [0.15, 0.2) is 34.9 Å². The van der Waals surface area contributed by atoms with Gasteiger partial charge in [-0.15, -0.1) is 0 Å². The average molecular weight is 397 g/mol. The molecule has 1 heterocycles. The lowest BCUT2D eigenvalue weighted by atomic mass is 10.2. The number of benzene rings is 1. The lowest BCUT2D eigenvalue weighted by molar-refractivity contribution is -0.222. The van der Waals surface area contributed by atoms with Gasteiger partial charge in [-0.05, 0) is 18.2 Å². The fourth-order valence-electron chi connectivity index (χ4n) is 1.89. The molecule has 0 aliphatic carbocycles. The Morgan fingerprint density at radius 2 is 1.65 bits per heavy atom. The average Bonchev–Trinajstić information content (AvgIpc) is 2.45.